The Bertz CT molecular complexity index is 1610. The zero-order valence-electron chi connectivity index (χ0n) is 20.9. The summed E-state index contributed by atoms with van der Waals surface area (Å²) in [6.07, 6.45) is 2.50. The van der Waals surface area contributed by atoms with Crippen LogP contribution in [0.4, 0.5) is 14.6 Å². The van der Waals surface area contributed by atoms with Gasteiger partial charge in [0, 0.05) is 36.7 Å². The molecular weight excluding hydrogens is 576 g/mol. The predicted molar refractivity (Wildman–Crippen MR) is 141 cm³/mol. The van der Waals surface area contributed by atoms with Gasteiger partial charge in [-0.3, -0.25) is 19.1 Å². The number of rotatable bonds is 6. The van der Waals surface area contributed by atoms with Gasteiger partial charge in [-0.1, -0.05) is 12.1 Å². The lowest BCUT2D eigenvalue weighted by Crippen LogP contribution is -2.44. The van der Waals surface area contributed by atoms with E-state index < -0.39 is 43.3 Å². The Balaban J connectivity index is 1.43. The molecule has 200 valence electrons. The average Bonchev–Trinajstić information content (AvgIpc) is 3.41. The number of likely N-dealkylation sites (tertiary alicyclic amines) is 1. The number of aromatic nitrogens is 5. The summed E-state index contributed by atoms with van der Waals surface area (Å²) in [5, 5.41) is 7.31. The minimum Gasteiger partial charge on any atom is -0.323 e. The molecule has 39 heavy (non-hydrogen) atoms. The van der Waals surface area contributed by atoms with Gasteiger partial charge in [0.25, 0.3) is 5.92 Å². The second-order valence-corrected chi connectivity index (χ2v) is 10.1. The van der Waals surface area contributed by atoms with Crippen LogP contribution in [0.25, 0.3) is 22.0 Å². The first-order valence-corrected chi connectivity index (χ1v) is 12.7. The van der Waals surface area contributed by atoms with Crippen molar-refractivity contribution < 1.29 is 23.2 Å². The molecule has 5 rings (SSSR count). The minimum absolute atomic E-state index is 0.134. The van der Waals surface area contributed by atoms with Gasteiger partial charge < -0.3 is 10.2 Å². The van der Waals surface area contributed by atoms with Gasteiger partial charge in [-0.25, -0.2) is 23.7 Å². The lowest BCUT2D eigenvalue weighted by Gasteiger charge is -2.23. The molecular formula is C26H22BrF2N7O3. The fourth-order valence-electron chi connectivity index (χ4n) is 4.50. The van der Waals surface area contributed by atoms with Crippen molar-refractivity contribution in [3.63, 3.8) is 0 Å². The number of benzene rings is 1. The standard InChI is InChI=1S/C26H22BrF2N7O3/c1-14(37)24-18-8-16(17-10-30-15(2)31-11-17)6-7-19(18)36(34-24)12-23(38)35-13-26(28,29)9-20(35)25(39)33-22-5-3-4-21(27)32-22/h3-8,10-11,20H,9,12-13H2,1-2H3,(H,32,33,39). The number of ketones is 1. The number of anilines is 1. The summed E-state index contributed by atoms with van der Waals surface area (Å²) < 4.78 is 30.6. The van der Waals surface area contributed by atoms with Crippen LogP contribution in [0.2, 0.25) is 0 Å². The third-order valence-electron chi connectivity index (χ3n) is 6.34. The highest BCUT2D eigenvalue weighted by Gasteiger charge is 2.50. The largest absolute Gasteiger partial charge is 0.323 e. The van der Waals surface area contributed by atoms with Gasteiger partial charge in [-0.2, -0.15) is 5.10 Å². The van der Waals surface area contributed by atoms with E-state index in [0.717, 1.165) is 16.0 Å². The van der Waals surface area contributed by atoms with Crippen LogP contribution >= 0.6 is 15.9 Å². The Hall–Kier alpha value is -4.13. The summed E-state index contributed by atoms with van der Waals surface area (Å²) in [6, 6.07) is 8.60. The first-order valence-electron chi connectivity index (χ1n) is 11.9. The summed E-state index contributed by atoms with van der Waals surface area (Å²) in [4.78, 5) is 51.9. The Morgan fingerprint density at radius 3 is 2.56 bits per heavy atom. The third-order valence-corrected chi connectivity index (χ3v) is 6.78. The maximum atomic E-state index is 14.4. The molecule has 10 nitrogen and oxygen atoms in total. The number of fused-ring (bicyclic) bond motifs is 1. The van der Waals surface area contributed by atoms with Gasteiger partial charge in [-0.15, -0.1) is 0 Å². The van der Waals surface area contributed by atoms with Gasteiger partial charge >= 0.3 is 0 Å². The first kappa shape index (κ1) is 26.5. The number of Topliss-reactive ketones (excluding diaryl/α,β-unsaturated/α-hetero) is 1. The molecule has 1 aliphatic heterocycles. The molecule has 1 N–H and O–H groups in total. The van der Waals surface area contributed by atoms with Crippen LogP contribution < -0.4 is 5.32 Å². The lowest BCUT2D eigenvalue weighted by molar-refractivity contribution is -0.137. The van der Waals surface area contributed by atoms with Crippen LogP contribution in [-0.2, 0) is 16.1 Å². The number of aryl methyl sites for hydroxylation is 1. The Kier molecular flexibility index (Phi) is 6.93. The van der Waals surface area contributed by atoms with Crippen LogP contribution in [0.1, 0.15) is 29.7 Å². The topological polar surface area (TPSA) is 123 Å². The Morgan fingerprint density at radius 1 is 1.13 bits per heavy atom. The zero-order valence-corrected chi connectivity index (χ0v) is 22.4. The number of carbonyl (C=O) groups is 3. The highest BCUT2D eigenvalue weighted by Crippen LogP contribution is 2.33. The van der Waals surface area contributed by atoms with Crippen molar-refractivity contribution in [1.82, 2.24) is 29.6 Å². The van der Waals surface area contributed by atoms with Crippen molar-refractivity contribution in [2.24, 2.45) is 0 Å². The molecule has 0 radical (unpaired) electrons. The van der Waals surface area contributed by atoms with E-state index in [9.17, 15) is 23.2 Å². The number of nitrogens with zero attached hydrogens (tertiary/aromatic N) is 6. The number of halogens is 3. The normalized spacial score (nSPS) is 16.4. The van der Waals surface area contributed by atoms with Crippen molar-refractivity contribution in [2.45, 2.75) is 38.8 Å². The summed E-state index contributed by atoms with van der Waals surface area (Å²) in [6.45, 7) is 1.77. The van der Waals surface area contributed by atoms with Crippen LogP contribution in [-0.4, -0.2) is 65.7 Å². The second-order valence-electron chi connectivity index (χ2n) is 9.25. The Morgan fingerprint density at radius 2 is 1.87 bits per heavy atom. The number of alkyl halides is 2. The molecule has 0 bridgehead atoms. The third kappa shape index (κ3) is 5.53. The molecule has 1 atom stereocenters. The molecule has 1 aliphatic rings. The number of hydrogen-bond donors (Lipinski definition) is 1. The van der Waals surface area contributed by atoms with Gasteiger partial charge in [-0.05, 0) is 52.7 Å². The van der Waals surface area contributed by atoms with Crippen LogP contribution in [0.3, 0.4) is 0 Å². The average molecular weight is 598 g/mol. The van der Waals surface area contributed by atoms with E-state index in [1.807, 2.05) is 0 Å². The number of pyridine rings is 1. The fraction of sp³-hybridized carbons (Fsp3) is 0.269. The van der Waals surface area contributed by atoms with E-state index in [4.69, 9.17) is 0 Å². The maximum absolute atomic E-state index is 14.4. The number of hydrogen-bond acceptors (Lipinski definition) is 7. The van der Waals surface area contributed by atoms with Crippen molar-refractivity contribution in [3.05, 3.63) is 64.9 Å². The smallest absolute Gasteiger partial charge is 0.267 e. The molecule has 0 saturated carbocycles. The molecule has 4 heterocycles. The van der Waals surface area contributed by atoms with Crippen LogP contribution in [0.5, 0.6) is 0 Å². The van der Waals surface area contributed by atoms with Crippen molar-refractivity contribution in [2.75, 3.05) is 11.9 Å². The highest BCUT2D eigenvalue weighted by molar-refractivity contribution is 9.10. The van der Waals surface area contributed by atoms with E-state index in [1.165, 1.54) is 17.7 Å². The molecule has 3 aromatic heterocycles. The zero-order chi connectivity index (χ0) is 27.9. The molecule has 0 spiro atoms. The fourth-order valence-corrected chi connectivity index (χ4v) is 4.84. The van der Waals surface area contributed by atoms with Gasteiger partial charge in [0.05, 0.1) is 12.1 Å². The van der Waals surface area contributed by atoms with E-state index in [0.29, 0.717) is 21.3 Å². The van der Waals surface area contributed by atoms with E-state index in [-0.39, 0.29) is 17.3 Å². The predicted octanol–water partition coefficient (Wildman–Crippen LogP) is 4.04. The highest BCUT2D eigenvalue weighted by atomic mass is 79.9. The molecule has 1 fully saturated rings. The molecule has 1 saturated heterocycles. The van der Waals surface area contributed by atoms with E-state index >= 15 is 0 Å². The monoisotopic (exact) mass is 597 g/mol. The summed E-state index contributed by atoms with van der Waals surface area (Å²) in [5.74, 6) is -4.30. The summed E-state index contributed by atoms with van der Waals surface area (Å²) >= 11 is 3.19. The Labute approximate surface area is 229 Å². The molecule has 2 amide bonds. The molecule has 4 aromatic rings. The molecule has 1 unspecified atom stereocenters. The summed E-state index contributed by atoms with van der Waals surface area (Å²) in [5.41, 5.74) is 2.08. The van der Waals surface area contributed by atoms with E-state index in [2.05, 4.69) is 41.3 Å². The minimum atomic E-state index is -3.25. The van der Waals surface area contributed by atoms with Gasteiger partial charge in [0.2, 0.25) is 11.8 Å². The van der Waals surface area contributed by atoms with Crippen molar-refractivity contribution >= 4 is 50.2 Å². The summed E-state index contributed by atoms with van der Waals surface area (Å²) in [7, 11) is 0. The van der Waals surface area contributed by atoms with Crippen molar-refractivity contribution in [3.8, 4) is 11.1 Å². The molecule has 0 aliphatic carbocycles. The number of carbonyl (C=O) groups excluding carboxylic acids is 3. The van der Waals surface area contributed by atoms with Crippen molar-refractivity contribution in [1.29, 1.82) is 0 Å². The van der Waals surface area contributed by atoms with Crippen LogP contribution in [0, 0.1) is 6.92 Å². The first-order chi connectivity index (χ1) is 18.5. The van der Waals surface area contributed by atoms with Gasteiger partial charge in [0.1, 0.15) is 34.5 Å². The second kappa shape index (κ2) is 10.2. The maximum Gasteiger partial charge on any atom is 0.267 e. The van der Waals surface area contributed by atoms with E-state index in [1.54, 1.807) is 49.6 Å². The SMILES string of the molecule is CC(=O)c1nn(CC(=O)N2CC(F)(F)CC2C(=O)Nc2cccc(Br)n2)c2ccc(-c3cnc(C)nc3)cc12. The van der Waals surface area contributed by atoms with Gasteiger partial charge in [0.15, 0.2) is 5.78 Å². The number of nitrogens with one attached hydrogen (secondary N) is 1. The number of amides is 2. The lowest BCUT2D eigenvalue weighted by atomic mass is 10.0. The molecule has 1 aromatic carbocycles. The molecule has 13 heteroatoms. The quantitative estimate of drug-likeness (QED) is 0.263. The van der Waals surface area contributed by atoms with Crippen LogP contribution in [0.15, 0.2) is 53.4 Å².